The van der Waals surface area contributed by atoms with E-state index < -0.39 is 34.2 Å². The molecule has 5 heterocycles. The number of piperidine rings is 2. The van der Waals surface area contributed by atoms with E-state index in [9.17, 15) is 24.4 Å². The summed E-state index contributed by atoms with van der Waals surface area (Å²) < 4.78 is 6.44. The fourth-order valence-electron chi connectivity index (χ4n) is 10.7. The number of hydrogen-bond acceptors (Lipinski definition) is 11. The standard InChI is InChI=1S/C44H51ClN8O5S/c1-43(2)41(44(3,4)42(43)58-30-8-5-27(23-46)33(45)22-30)53-36(54)12-10-34(39(53)57)52-38(56)32-21-29(7-9-31(32)40(52)59)50-19-17-49(18-20-50)25-26-13-15-51(16-14-26)35-11-6-28(24-48-35)37(47)55/h5-9,11,21-22,24,26,34,40-42,59H,10,12-20,25H2,1-4H3,(H2,47,55)/t34-,40-,41?,42?/m1/s1. The summed E-state index contributed by atoms with van der Waals surface area (Å²) in [5.74, 6) is 0.617. The van der Waals surface area contributed by atoms with Crippen molar-refractivity contribution in [2.24, 2.45) is 22.5 Å². The van der Waals surface area contributed by atoms with Gasteiger partial charge in [-0.25, -0.2) is 4.98 Å². The van der Waals surface area contributed by atoms with Gasteiger partial charge in [0.1, 0.15) is 35.2 Å². The number of nitrogens with two attached hydrogens (primary N) is 1. The summed E-state index contributed by atoms with van der Waals surface area (Å²) in [5, 5.41) is 8.97. The van der Waals surface area contributed by atoms with Gasteiger partial charge in [-0.2, -0.15) is 5.26 Å². The first-order valence-corrected chi connectivity index (χ1v) is 21.3. The Bertz CT molecular complexity index is 2200. The Morgan fingerprint density at radius 3 is 2.29 bits per heavy atom. The molecule has 4 fully saturated rings. The summed E-state index contributed by atoms with van der Waals surface area (Å²) in [4.78, 5) is 68.4. The zero-order valence-corrected chi connectivity index (χ0v) is 35.6. The summed E-state index contributed by atoms with van der Waals surface area (Å²) in [5.41, 5.74) is 7.15. The van der Waals surface area contributed by atoms with Crippen molar-refractivity contribution in [2.75, 3.05) is 55.6 Å². The summed E-state index contributed by atoms with van der Waals surface area (Å²) in [7, 11) is 0. The number of imide groups is 1. The average Bonchev–Trinajstić information content (AvgIpc) is 3.46. The van der Waals surface area contributed by atoms with Crippen molar-refractivity contribution in [3.8, 4) is 11.8 Å². The molecule has 0 bridgehead atoms. The van der Waals surface area contributed by atoms with Crippen LogP contribution < -0.4 is 20.3 Å². The molecule has 310 valence electrons. The molecule has 4 aliphatic heterocycles. The van der Waals surface area contributed by atoms with Crippen molar-refractivity contribution in [3.05, 3.63) is 82.0 Å². The lowest BCUT2D eigenvalue weighted by atomic mass is 9.48. The van der Waals surface area contributed by atoms with Gasteiger partial charge in [0.2, 0.25) is 11.8 Å². The van der Waals surface area contributed by atoms with Crippen LogP contribution in [-0.2, 0) is 9.59 Å². The topological polar surface area (TPSA) is 156 Å². The number of piperazine rings is 1. The molecular weight excluding hydrogens is 788 g/mol. The number of thiol groups is 1. The van der Waals surface area contributed by atoms with E-state index in [-0.39, 0.29) is 36.7 Å². The first-order chi connectivity index (χ1) is 28.1. The van der Waals surface area contributed by atoms with E-state index in [0.717, 1.165) is 75.7 Å². The Morgan fingerprint density at radius 1 is 0.949 bits per heavy atom. The second-order valence-corrected chi connectivity index (χ2v) is 18.7. The molecule has 3 saturated heterocycles. The minimum absolute atomic E-state index is 0.133. The molecule has 59 heavy (non-hydrogen) atoms. The van der Waals surface area contributed by atoms with Gasteiger partial charge in [0.25, 0.3) is 11.8 Å². The number of halogens is 1. The minimum Gasteiger partial charge on any atom is -0.489 e. The van der Waals surface area contributed by atoms with E-state index in [1.54, 1.807) is 35.4 Å². The Hall–Kier alpha value is -4.84. The third-order valence-corrected chi connectivity index (χ3v) is 14.2. The van der Waals surface area contributed by atoms with Gasteiger partial charge in [-0.05, 0) is 67.1 Å². The molecule has 1 aromatic heterocycles. The van der Waals surface area contributed by atoms with E-state index in [1.807, 2.05) is 52.0 Å². The van der Waals surface area contributed by atoms with Gasteiger partial charge in [-0.3, -0.25) is 29.0 Å². The molecule has 0 spiro atoms. The molecule has 2 atom stereocenters. The Balaban J connectivity index is 0.885. The van der Waals surface area contributed by atoms with Gasteiger partial charge in [0.05, 0.1) is 22.2 Å². The molecule has 3 aromatic rings. The molecule has 15 heteroatoms. The zero-order valence-electron chi connectivity index (χ0n) is 33.9. The van der Waals surface area contributed by atoms with E-state index >= 15 is 0 Å². The molecule has 2 aromatic carbocycles. The van der Waals surface area contributed by atoms with E-state index in [2.05, 4.69) is 25.8 Å². The van der Waals surface area contributed by atoms with E-state index in [4.69, 9.17) is 34.7 Å². The number of fused-ring (bicyclic) bond motifs is 1. The fourth-order valence-corrected chi connectivity index (χ4v) is 11.4. The van der Waals surface area contributed by atoms with Crippen LogP contribution >= 0.6 is 24.2 Å². The lowest BCUT2D eigenvalue weighted by molar-refractivity contribution is -0.216. The first kappa shape index (κ1) is 40.9. The van der Waals surface area contributed by atoms with Crippen molar-refractivity contribution in [3.63, 3.8) is 0 Å². The van der Waals surface area contributed by atoms with Gasteiger partial charge < -0.3 is 25.2 Å². The summed E-state index contributed by atoms with van der Waals surface area (Å²) >= 11 is 11.2. The predicted molar refractivity (Wildman–Crippen MR) is 227 cm³/mol. The van der Waals surface area contributed by atoms with Crippen LogP contribution in [0.25, 0.3) is 0 Å². The largest absolute Gasteiger partial charge is 0.489 e. The van der Waals surface area contributed by atoms with Crippen molar-refractivity contribution < 1.29 is 23.9 Å². The number of nitriles is 1. The minimum atomic E-state index is -0.837. The number of hydrogen-bond donors (Lipinski definition) is 2. The fraction of sp³-hybridized carbons (Fsp3) is 0.500. The summed E-state index contributed by atoms with van der Waals surface area (Å²) in [6.45, 7) is 14.3. The molecule has 1 aliphatic carbocycles. The van der Waals surface area contributed by atoms with Crippen molar-refractivity contribution in [1.29, 1.82) is 5.26 Å². The highest BCUT2D eigenvalue weighted by molar-refractivity contribution is 7.80. The maximum absolute atomic E-state index is 14.5. The lowest BCUT2D eigenvalue weighted by Gasteiger charge is -2.66. The highest BCUT2D eigenvalue weighted by Gasteiger charge is 2.68. The van der Waals surface area contributed by atoms with Gasteiger partial charge in [0, 0.05) is 86.6 Å². The first-order valence-electron chi connectivity index (χ1n) is 20.4. The SMILES string of the molecule is CC1(C)C(Oc2ccc(C#N)c(Cl)c2)C(C)(C)C1N1C(=O)CC[C@@H](N2C(=O)c3cc(N4CCN(CC5CCN(c6ccc(C(N)=O)cn6)CC5)CC4)ccc3[C@H]2S)C1=O. The third-order valence-electron chi connectivity index (χ3n) is 13.4. The highest BCUT2D eigenvalue weighted by atomic mass is 35.5. The molecule has 1 saturated carbocycles. The molecule has 4 amide bonds. The second kappa shape index (κ2) is 15.6. The van der Waals surface area contributed by atoms with Crippen LogP contribution in [0.1, 0.15) is 90.6 Å². The van der Waals surface area contributed by atoms with Gasteiger partial charge in [-0.15, -0.1) is 12.6 Å². The van der Waals surface area contributed by atoms with E-state index in [1.165, 1.54) is 4.90 Å². The van der Waals surface area contributed by atoms with Gasteiger partial charge in [-0.1, -0.05) is 45.4 Å². The van der Waals surface area contributed by atoms with Crippen LogP contribution in [0.15, 0.2) is 54.7 Å². The number of carbonyl (C=O) groups excluding carboxylic acids is 4. The zero-order chi connectivity index (χ0) is 42.0. The van der Waals surface area contributed by atoms with Crippen molar-refractivity contribution in [2.45, 2.75) is 76.9 Å². The number of benzene rings is 2. The van der Waals surface area contributed by atoms with Gasteiger partial charge >= 0.3 is 0 Å². The highest BCUT2D eigenvalue weighted by Crippen LogP contribution is 2.59. The number of carbonyl (C=O) groups is 4. The van der Waals surface area contributed by atoms with Crippen LogP contribution in [-0.4, -0.2) is 107 Å². The molecular formula is C44H51ClN8O5S. The van der Waals surface area contributed by atoms with Crippen LogP contribution in [0.5, 0.6) is 5.75 Å². The molecule has 5 aliphatic rings. The summed E-state index contributed by atoms with van der Waals surface area (Å²) in [6.07, 6.45) is 3.68. The molecule has 13 nitrogen and oxygen atoms in total. The number of likely N-dealkylation sites (tertiary alicyclic amines) is 1. The lowest BCUT2D eigenvalue weighted by Crippen LogP contribution is -2.77. The average molecular weight is 839 g/mol. The predicted octanol–water partition coefficient (Wildman–Crippen LogP) is 5.53. The number of pyridine rings is 1. The normalized spacial score (nSPS) is 25.7. The number of rotatable bonds is 9. The summed E-state index contributed by atoms with van der Waals surface area (Å²) in [6, 6.07) is 15.2. The van der Waals surface area contributed by atoms with Crippen LogP contribution in [0.4, 0.5) is 11.5 Å². The number of aromatic nitrogens is 1. The van der Waals surface area contributed by atoms with Crippen molar-refractivity contribution >= 4 is 59.4 Å². The molecule has 0 unspecified atom stereocenters. The number of anilines is 2. The third kappa shape index (κ3) is 7.29. The molecule has 0 radical (unpaired) electrons. The van der Waals surface area contributed by atoms with Gasteiger partial charge in [0.15, 0.2) is 0 Å². The van der Waals surface area contributed by atoms with Crippen LogP contribution in [0.3, 0.4) is 0 Å². The van der Waals surface area contributed by atoms with Crippen LogP contribution in [0, 0.1) is 28.1 Å². The maximum Gasteiger partial charge on any atom is 0.256 e. The number of nitrogens with zero attached hydrogens (tertiary/aromatic N) is 7. The Morgan fingerprint density at radius 2 is 1.66 bits per heavy atom. The number of ether oxygens (including phenoxy) is 1. The number of primary amides is 1. The monoisotopic (exact) mass is 838 g/mol. The quantitative estimate of drug-likeness (QED) is 0.208. The van der Waals surface area contributed by atoms with Crippen LogP contribution in [0.2, 0.25) is 5.02 Å². The smallest absolute Gasteiger partial charge is 0.256 e. The number of amides is 4. The van der Waals surface area contributed by atoms with E-state index in [0.29, 0.717) is 33.4 Å². The Kier molecular flexibility index (Phi) is 10.8. The molecule has 8 rings (SSSR count). The molecule has 2 N–H and O–H groups in total. The second-order valence-electron chi connectivity index (χ2n) is 17.8. The maximum atomic E-state index is 14.5. The Labute approximate surface area is 355 Å². The van der Waals surface area contributed by atoms with Crippen molar-refractivity contribution in [1.82, 2.24) is 19.7 Å².